The number of esters is 2. The molecule has 0 atom stereocenters. The van der Waals surface area contributed by atoms with Crippen LogP contribution in [0.3, 0.4) is 0 Å². The van der Waals surface area contributed by atoms with Crippen LogP contribution in [0.5, 0.6) is 11.5 Å². The van der Waals surface area contributed by atoms with Gasteiger partial charge in [-0.05, 0) is 85.3 Å². The molecule has 0 fully saturated rings. The number of carbonyl (C=O) groups is 2. The van der Waals surface area contributed by atoms with Crippen LogP contribution in [-0.4, -0.2) is 25.2 Å². The Bertz CT molecular complexity index is 1040. The maximum absolute atomic E-state index is 12.0. The average Bonchev–Trinajstić information content (AvgIpc) is 2.83. The minimum atomic E-state index is -0.444. The van der Waals surface area contributed by atoms with Gasteiger partial charge in [0.15, 0.2) is 13.2 Å². The standard InChI is InChI=1S/C28H30O6/c1-19-5-11-25(13-21(19)3)31-17-27(29)33-15-23-7-9-24(10-8-23)16-34-28(30)18-32-26-12-6-20(2)22(4)14-26/h5-14H,15-18H2,1-4H3. The Labute approximate surface area is 200 Å². The van der Waals surface area contributed by atoms with Crippen LogP contribution in [0.4, 0.5) is 0 Å². The maximum Gasteiger partial charge on any atom is 0.344 e. The third-order valence-corrected chi connectivity index (χ3v) is 5.49. The van der Waals surface area contributed by atoms with E-state index >= 15 is 0 Å². The Morgan fingerprint density at radius 3 is 1.29 bits per heavy atom. The van der Waals surface area contributed by atoms with Crippen molar-refractivity contribution in [1.82, 2.24) is 0 Å². The molecule has 0 saturated heterocycles. The Hall–Kier alpha value is -3.80. The van der Waals surface area contributed by atoms with Crippen molar-refractivity contribution in [3.8, 4) is 11.5 Å². The Morgan fingerprint density at radius 2 is 0.941 bits per heavy atom. The van der Waals surface area contributed by atoms with Gasteiger partial charge in [-0.25, -0.2) is 9.59 Å². The van der Waals surface area contributed by atoms with Gasteiger partial charge in [-0.1, -0.05) is 36.4 Å². The second-order valence-corrected chi connectivity index (χ2v) is 8.21. The highest BCUT2D eigenvalue weighted by molar-refractivity contribution is 5.71. The van der Waals surface area contributed by atoms with Gasteiger partial charge in [-0.15, -0.1) is 0 Å². The Morgan fingerprint density at radius 1 is 0.559 bits per heavy atom. The molecule has 0 spiro atoms. The molecule has 3 aromatic rings. The van der Waals surface area contributed by atoms with Crippen LogP contribution in [0.2, 0.25) is 0 Å². The Balaban J connectivity index is 1.36. The van der Waals surface area contributed by atoms with Gasteiger partial charge in [-0.3, -0.25) is 0 Å². The predicted molar refractivity (Wildman–Crippen MR) is 129 cm³/mol. The van der Waals surface area contributed by atoms with E-state index in [1.165, 1.54) is 11.1 Å². The van der Waals surface area contributed by atoms with Crippen molar-refractivity contribution < 1.29 is 28.5 Å². The van der Waals surface area contributed by atoms with Gasteiger partial charge in [0.1, 0.15) is 24.7 Å². The summed E-state index contributed by atoms with van der Waals surface area (Å²) in [7, 11) is 0. The van der Waals surface area contributed by atoms with Gasteiger partial charge >= 0.3 is 11.9 Å². The molecule has 0 saturated carbocycles. The van der Waals surface area contributed by atoms with Crippen LogP contribution in [0, 0.1) is 27.7 Å². The SMILES string of the molecule is Cc1ccc(OCC(=O)OCc2ccc(COC(=O)COc3ccc(C)c(C)c3)cc2)cc1C. The van der Waals surface area contributed by atoms with Crippen molar-refractivity contribution >= 4 is 11.9 Å². The summed E-state index contributed by atoms with van der Waals surface area (Å²) >= 11 is 0. The van der Waals surface area contributed by atoms with Crippen LogP contribution < -0.4 is 9.47 Å². The van der Waals surface area contributed by atoms with E-state index in [9.17, 15) is 9.59 Å². The van der Waals surface area contributed by atoms with E-state index in [0.29, 0.717) is 11.5 Å². The summed E-state index contributed by atoms with van der Waals surface area (Å²) in [6.07, 6.45) is 0. The number of rotatable bonds is 10. The van der Waals surface area contributed by atoms with Crippen LogP contribution in [0.15, 0.2) is 60.7 Å². The number of aryl methyl sites for hydroxylation is 4. The molecular weight excluding hydrogens is 432 g/mol. The molecule has 0 radical (unpaired) electrons. The molecule has 0 aliphatic heterocycles. The second-order valence-electron chi connectivity index (χ2n) is 8.21. The van der Waals surface area contributed by atoms with Gasteiger partial charge in [0.05, 0.1) is 0 Å². The predicted octanol–water partition coefficient (Wildman–Crippen LogP) is 5.16. The third kappa shape index (κ3) is 7.66. The summed E-state index contributed by atoms with van der Waals surface area (Å²) in [6.45, 7) is 7.99. The van der Waals surface area contributed by atoms with Crippen LogP contribution >= 0.6 is 0 Å². The molecule has 0 N–H and O–H groups in total. The van der Waals surface area contributed by atoms with Crippen molar-refractivity contribution in [2.75, 3.05) is 13.2 Å². The van der Waals surface area contributed by atoms with Crippen molar-refractivity contribution in [3.05, 3.63) is 94.0 Å². The minimum Gasteiger partial charge on any atom is -0.482 e. The normalized spacial score (nSPS) is 10.5. The lowest BCUT2D eigenvalue weighted by Crippen LogP contribution is -2.15. The summed E-state index contributed by atoms with van der Waals surface area (Å²) < 4.78 is 21.5. The molecule has 0 bridgehead atoms. The molecule has 3 aromatic carbocycles. The van der Waals surface area contributed by atoms with Crippen LogP contribution in [-0.2, 0) is 32.3 Å². The monoisotopic (exact) mass is 462 g/mol. The van der Waals surface area contributed by atoms with Crippen molar-refractivity contribution in [3.63, 3.8) is 0 Å². The van der Waals surface area contributed by atoms with Gasteiger partial charge in [0.25, 0.3) is 0 Å². The highest BCUT2D eigenvalue weighted by Gasteiger charge is 2.08. The van der Waals surface area contributed by atoms with Gasteiger partial charge in [0.2, 0.25) is 0 Å². The molecule has 0 heterocycles. The fourth-order valence-corrected chi connectivity index (χ4v) is 3.03. The molecule has 3 rings (SSSR count). The molecule has 178 valence electrons. The summed E-state index contributed by atoms with van der Waals surface area (Å²) in [6, 6.07) is 18.7. The van der Waals surface area contributed by atoms with E-state index in [-0.39, 0.29) is 26.4 Å². The maximum atomic E-state index is 12.0. The lowest BCUT2D eigenvalue weighted by molar-refractivity contribution is -0.148. The number of carbonyl (C=O) groups excluding carboxylic acids is 2. The zero-order valence-electron chi connectivity index (χ0n) is 20.1. The van der Waals surface area contributed by atoms with Gasteiger partial charge < -0.3 is 18.9 Å². The summed E-state index contributed by atoms with van der Waals surface area (Å²) in [5.41, 5.74) is 6.19. The Kier molecular flexibility index (Phi) is 8.68. The van der Waals surface area contributed by atoms with E-state index in [2.05, 4.69) is 0 Å². The summed E-state index contributed by atoms with van der Waals surface area (Å²) in [5, 5.41) is 0. The van der Waals surface area contributed by atoms with E-state index < -0.39 is 11.9 Å². The lowest BCUT2D eigenvalue weighted by Gasteiger charge is -2.10. The smallest absolute Gasteiger partial charge is 0.344 e. The summed E-state index contributed by atoms with van der Waals surface area (Å²) in [4.78, 5) is 23.9. The van der Waals surface area contributed by atoms with Crippen molar-refractivity contribution in [2.45, 2.75) is 40.9 Å². The lowest BCUT2D eigenvalue weighted by atomic mass is 10.1. The molecule has 34 heavy (non-hydrogen) atoms. The van der Waals surface area contributed by atoms with Gasteiger partial charge in [-0.2, -0.15) is 0 Å². The summed E-state index contributed by atoms with van der Waals surface area (Å²) in [5.74, 6) is 0.386. The number of ether oxygens (including phenoxy) is 4. The zero-order chi connectivity index (χ0) is 24.5. The van der Waals surface area contributed by atoms with Crippen molar-refractivity contribution in [1.29, 1.82) is 0 Å². The molecule has 0 aliphatic rings. The number of hydrogen-bond acceptors (Lipinski definition) is 6. The molecule has 0 aliphatic carbocycles. The minimum absolute atomic E-state index is 0.138. The second kappa shape index (κ2) is 11.9. The highest BCUT2D eigenvalue weighted by atomic mass is 16.6. The van der Waals surface area contributed by atoms with E-state index in [1.807, 2.05) is 88.4 Å². The van der Waals surface area contributed by atoms with Crippen LogP contribution in [0.1, 0.15) is 33.4 Å². The fourth-order valence-electron chi connectivity index (χ4n) is 3.03. The van der Waals surface area contributed by atoms with Crippen molar-refractivity contribution in [2.24, 2.45) is 0 Å². The topological polar surface area (TPSA) is 71.1 Å². The first-order valence-corrected chi connectivity index (χ1v) is 11.1. The molecule has 6 heteroatoms. The zero-order valence-corrected chi connectivity index (χ0v) is 20.1. The van der Waals surface area contributed by atoms with E-state index in [1.54, 1.807) is 0 Å². The molecule has 0 unspecified atom stereocenters. The first-order chi connectivity index (χ1) is 16.3. The molecular formula is C28H30O6. The fraction of sp³-hybridized carbons (Fsp3) is 0.286. The van der Waals surface area contributed by atoms with Crippen LogP contribution in [0.25, 0.3) is 0 Å². The number of benzene rings is 3. The van der Waals surface area contributed by atoms with E-state index in [4.69, 9.17) is 18.9 Å². The number of hydrogen-bond donors (Lipinski definition) is 0. The average molecular weight is 463 g/mol. The third-order valence-electron chi connectivity index (χ3n) is 5.49. The first kappa shape index (κ1) is 24.8. The van der Waals surface area contributed by atoms with E-state index in [0.717, 1.165) is 22.3 Å². The molecule has 6 nitrogen and oxygen atoms in total. The quantitative estimate of drug-likeness (QED) is 0.388. The highest BCUT2D eigenvalue weighted by Crippen LogP contribution is 2.17. The largest absolute Gasteiger partial charge is 0.482 e. The molecule has 0 amide bonds. The molecule has 0 aromatic heterocycles. The first-order valence-electron chi connectivity index (χ1n) is 11.1. The van der Waals surface area contributed by atoms with Gasteiger partial charge in [0, 0.05) is 0 Å².